The summed E-state index contributed by atoms with van der Waals surface area (Å²) >= 11 is 0. The first-order valence-electron chi connectivity index (χ1n) is 7.69. The highest BCUT2D eigenvalue weighted by atomic mass is 16.5. The van der Waals surface area contributed by atoms with Gasteiger partial charge in [-0.1, -0.05) is 38.0 Å². The summed E-state index contributed by atoms with van der Waals surface area (Å²) in [6.07, 6.45) is 5.45. The second-order valence-electron chi connectivity index (χ2n) is 5.89. The van der Waals surface area contributed by atoms with Crippen molar-refractivity contribution in [2.75, 3.05) is 6.54 Å². The minimum Gasteiger partial charge on any atom is -0.491 e. The van der Waals surface area contributed by atoms with Crippen LogP contribution in [0, 0.1) is 5.92 Å². The minimum absolute atomic E-state index is 0.230. The molecule has 0 radical (unpaired) electrons. The molecule has 1 unspecified atom stereocenters. The summed E-state index contributed by atoms with van der Waals surface area (Å²) in [6, 6.07) is 8.95. The smallest absolute Gasteiger partial charge is 0.124 e. The molecule has 0 aliphatic heterocycles. The van der Waals surface area contributed by atoms with Gasteiger partial charge in [-0.05, 0) is 45.2 Å². The lowest BCUT2D eigenvalue weighted by atomic mass is 10.00. The predicted molar refractivity (Wildman–Crippen MR) is 80.6 cm³/mol. The van der Waals surface area contributed by atoms with Crippen LogP contribution in [0.1, 0.15) is 58.1 Å². The summed E-state index contributed by atoms with van der Waals surface area (Å²) in [7, 11) is 0. The largest absolute Gasteiger partial charge is 0.491 e. The van der Waals surface area contributed by atoms with E-state index in [0.29, 0.717) is 6.04 Å². The Morgan fingerprint density at radius 3 is 2.63 bits per heavy atom. The summed E-state index contributed by atoms with van der Waals surface area (Å²) in [5.74, 6) is 1.97. The van der Waals surface area contributed by atoms with E-state index >= 15 is 0 Å². The third kappa shape index (κ3) is 4.54. The van der Waals surface area contributed by atoms with Crippen LogP contribution in [0.15, 0.2) is 24.3 Å². The molecule has 0 amide bonds. The van der Waals surface area contributed by atoms with E-state index in [1.807, 2.05) is 0 Å². The Hall–Kier alpha value is -1.02. The average Bonchev–Trinajstić information content (AvgIpc) is 3.18. The van der Waals surface area contributed by atoms with Gasteiger partial charge in [-0.3, -0.25) is 0 Å². The highest BCUT2D eigenvalue weighted by molar-refractivity contribution is 5.36. The van der Waals surface area contributed by atoms with Crippen LogP contribution in [-0.4, -0.2) is 12.6 Å². The maximum Gasteiger partial charge on any atom is 0.124 e. The minimum atomic E-state index is 0.230. The molecule has 1 fully saturated rings. The molecule has 19 heavy (non-hydrogen) atoms. The van der Waals surface area contributed by atoms with Gasteiger partial charge < -0.3 is 10.1 Å². The quantitative estimate of drug-likeness (QED) is 0.752. The first-order chi connectivity index (χ1) is 9.20. The van der Waals surface area contributed by atoms with Crippen LogP contribution in [0.4, 0.5) is 0 Å². The SMILES string of the molecule is CCCNC(CC1CC1)c1ccccc1OC(C)C. The highest BCUT2D eigenvalue weighted by Crippen LogP contribution is 2.39. The van der Waals surface area contributed by atoms with Gasteiger partial charge >= 0.3 is 0 Å². The number of benzene rings is 1. The van der Waals surface area contributed by atoms with Crippen molar-refractivity contribution in [1.29, 1.82) is 0 Å². The maximum atomic E-state index is 5.97. The monoisotopic (exact) mass is 261 g/mol. The molecular weight excluding hydrogens is 234 g/mol. The van der Waals surface area contributed by atoms with Crippen LogP contribution in [0.2, 0.25) is 0 Å². The standard InChI is InChI=1S/C17H27NO/c1-4-11-18-16(12-14-9-10-14)15-7-5-6-8-17(15)19-13(2)3/h5-8,13-14,16,18H,4,9-12H2,1-3H3. The molecule has 1 aliphatic rings. The van der Waals surface area contributed by atoms with Crippen molar-refractivity contribution < 1.29 is 4.74 Å². The Bertz CT molecular complexity index is 385. The molecule has 1 aromatic rings. The summed E-state index contributed by atoms with van der Waals surface area (Å²) < 4.78 is 5.97. The van der Waals surface area contributed by atoms with Crippen molar-refractivity contribution in [3.8, 4) is 5.75 Å². The topological polar surface area (TPSA) is 21.3 Å². The Kier molecular flexibility index (Phi) is 5.26. The van der Waals surface area contributed by atoms with E-state index in [0.717, 1.165) is 18.2 Å². The van der Waals surface area contributed by atoms with Crippen molar-refractivity contribution in [1.82, 2.24) is 5.32 Å². The van der Waals surface area contributed by atoms with Crippen LogP contribution in [0.5, 0.6) is 5.75 Å². The van der Waals surface area contributed by atoms with Crippen LogP contribution in [0.3, 0.4) is 0 Å². The lowest BCUT2D eigenvalue weighted by Crippen LogP contribution is -2.23. The molecule has 0 spiro atoms. The van der Waals surface area contributed by atoms with Crippen molar-refractivity contribution >= 4 is 0 Å². The number of nitrogens with one attached hydrogen (secondary N) is 1. The number of rotatable bonds is 8. The van der Waals surface area contributed by atoms with E-state index in [-0.39, 0.29) is 6.10 Å². The number of hydrogen-bond acceptors (Lipinski definition) is 2. The van der Waals surface area contributed by atoms with E-state index in [1.54, 1.807) is 0 Å². The molecule has 106 valence electrons. The molecule has 2 heteroatoms. The van der Waals surface area contributed by atoms with E-state index < -0.39 is 0 Å². The molecular formula is C17H27NO. The maximum absolute atomic E-state index is 5.97. The third-order valence-corrected chi connectivity index (χ3v) is 3.56. The molecule has 0 saturated heterocycles. The van der Waals surface area contributed by atoms with Gasteiger partial charge in [0.1, 0.15) is 5.75 Å². The first kappa shape index (κ1) is 14.4. The van der Waals surface area contributed by atoms with Gasteiger partial charge in [-0.15, -0.1) is 0 Å². The lowest BCUT2D eigenvalue weighted by Gasteiger charge is -2.23. The summed E-state index contributed by atoms with van der Waals surface area (Å²) in [5, 5.41) is 3.69. The molecule has 1 aliphatic carbocycles. The molecule has 2 nitrogen and oxygen atoms in total. The molecule has 1 atom stereocenters. The summed E-state index contributed by atoms with van der Waals surface area (Å²) in [4.78, 5) is 0. The molecule has 1 aromatic carbocycles. The Morgan fingerprint density at radius 2 is 2.00 bits per heavy atom. The average molecular weight is 261 g/mol. The van der Waals surface area contributed by atoms with Crippen molar-refractivity contribution in [2.45, 2.75) is 58.6 Å². The second-order valence-corrected chi connectivity index (χ2v) is 5.89. The Morgan fingerprint density at radius 1 is 1.26 bits per heavy atom. The van der Waals surface area contributed by atoms with Gasteiger partial charge in [-0.25, -0.2) is 0 Å². The predicted octanol–water partition coefficient (Wildman–Crippen LogP) is 4.31. The van der Waals surface area contributed by atoms with Crippen LogP contribution < -0.4 is 10.1 Å². The van der Waals surface area contributed by atoms with Gasteiger partial charge in [0.05, 0.1) is 6.10 Å². The highest BCUT2D eigenvalue weighted by Gasteiger charge is 2.27. The van der Waals surface area contributed by atoms with Crippen LogP contribution in [-0.2, 0) is 0 Å². The summed E-state index contributed by atoms with van der Waals surface area (Å²) in [6.45, 7) is 7.48. The van der Waals surface area contributed by atoms with E-state index in [2.05, 4.69) is 50.4 Å². The zero-order valence-corrected chi connectivity index (χ0v) is 12.5. The van der Waals surface area contributed by atoms with Gasteiger partial charge in [-0.2, -0.15) is 0 Å². The van der Waals surface area contributed by atoms with Gasteiger partial charge in [0.25, 0.3) is 0 Å². The fourth-order valence-corrected chi connectivity index (χ4v) is 2.46. The number of ether oxygens (including phenoxy) is 1. The van der Waals surface area contributed by atoms with Crippen molar-refractivity contribution in [3.63, 3.8) is 0 Å². The molecule has 0 aromatic heterocycles. The molecule has 0 bridgehead atoms. The molecule has 0 heterocycles. The number of hydrogen-bond donors (Lipinski definition) is 1. The summed E-state index contributed by atoms with van der Waals surface area (Å²) in [5.41, 5.74) is 1.33. The Labute approximate surface area is 117 Å². The first-order valence-corrected chi connectivity index (χ1v) is 7.69. The van der Waals surface area contributed by atoms with Gasteiger partial charge in [0.15, 0.2) is 0 Å². The second kappa shape index (κ2) is 6.95. The Balaban J connectivity index is 2.13. The fourth-order valence-electron chi connectivity index (χ4n) is 2.46. The van der Waals surface area contributed by atoms with Crippen molar-refractivity contribution in [2.24, 2.45) is 5.92 Å². The zero-order valence-electron chi connectivity index (χ0n) is 12.5. The van der Waals surface area contributed by atoms with Gasteiger partial charge in [0.2, 0.25) is 0 Å². The molecule has 1 N–H and O–H groups in total. The van der Waals surface area contributed by atoms with E-state index in [9.17, 15) is 0 Å². The zero-order chi connectivity index (χ0) is 13.7. The van der Waals surface area contributed by atoms with Crippen LogP contribution >= 0.6 is 0 Å². The lowest BCUT2D eigenvalue weighted by molar-refractivity contribution is 0.237. The van der Waals surface area contributed by atoms with Crippen LogP contribution in [0.25, 0.3) is 0 Å². The van der Waals surface area contributed by atoms with E-state index in [1.165, 1.54) is 31.2 Å². The van der Waals surface area contributed by atoms with Crippen molar-refractivity contribution in [3.05, 3.63) is 29.8 Å². The number of para-hydroxylation sites is 1. The molecule has 2 rings (SSSR count). The fraction of sp³-hybridized carbons (Fsp3) is 0.647. The van der Waals surface area contributed by atoms with Gasteiger partial charge in [0, 0.05) is 11.6 Å². The molecule has 1 saturated carbocycles. The normalized spacial score (nSPS) is 16.6. The van der Waals surface area contributed by atoms with E-state index in [4.69, 9.17) is 4.74 Å². The third-order valence-electron chi connectivity index (χ3n) is 3.56.